The monoisotopic (exact) mass is 285 g/mol. The highest BCUT2D eigenvalue weighted by Gasteiger charge is 2.36. The molecule has 7 nitrogen and oxygen atoms in total. The Hall–Kier alpha value is -1.91. The van der Waals surface area contributed by atoms with E-state index in [4.69, 9.17) is 10.2 Å². The first kappa shape index (κ1) is 14.2. The zero-order valence-electron chi connectivity index (χ0n) is 8.43. The topological polar surface area (TPSA) is 112 Å². The fourth-order valence-electron chi connectivity index (χ4n) is 0.921. The molecule has 18 heavy (non-hydrogen) atoms. The van der Waals surface area contributed by atoms with E-state index in [0.29, 0.717) is 11.5 Å². The van der Waals surface area contributed by atoms with Gasteiger partial charge in [0.1, 0.15) is 6.04 Å². The minimum atomic E-state index is -4.73. The zero-order valence-corrected chi connectivity index (χ0v) is 9.25. The molecule has 0 saturated carbocycles. The van der Waals surface area contributed by atoms with Gasteiger partial charge < -0.3 is 15.5 Å². The number of carboxylic acid groups (broad SMARTS) is 2. The average Bonchev–Trinajstić information content (AvgIpc) is 2.63. The second-order valence-corrected chi connectivity index (χ2v) is 3.81. The van der Waals surface area contributed by atoms with E-state index in [-0.39, 0.29) is 0 Å². The van der Waals surface area contributed by atoms with Gasteiger partial charge in [0.05, 0.1) is 6.42 Å². The number of nitrogens with zero attached hydrogens (tertiary/aromatic N) is 2. The molecule has 0 spiro atoms. The first-order valence-corrected chi connectivity index (χ1v) is 5.09. The van der Waals surface area contributed by atoms with Gasteiger partial charge in [0, 0.05) is 11.5 Å². The molecule has 1 aromatic heterocycles. The first-order valence-electron chi connectivity index (χ1n) is 4.32. The number of nitrogens with one attached hydrogen (secondary N) is 1. The molecule has 0 radical (unpaired) electrons. The van der Waals surface area contributed by atoms with Crippen LogP contribution in [0.5, 0.6) is 0 Å². The van der Waals surface area contributed by atoms with Gasteiger partial charge in [0.15, 0.2) is 0 Å². The van der Waals surface area contributed by atoms with Gasteiger partial charge in [0.25, 0.3) is 0 Å². The molecule has 1 atom stereocenters. The number of hydrogen-bond donors (Lipinski definition) is 3. The van der Waals surface area contributed by atoms with Crippen LogP contribution in [0, 0.1) is 0 Å². The van der Waals surface area contributed by atoms with Crippen molar-refractivity contribution in [2.24, 2.45) is 0 Å². The van der Waals surface area contributed by atoms with Gasteiger partial charge in [0.2, 0.25) is 11.0 Å². The highest BCUT2D eigenvalue weighted by Crippen LogP contribution is 2.29. The van der Waals surface area contributed by atoms with Crippen LogP contribution in [-0.2, 0) is 15.8 Å². The Kier molecular flexibility index (Phi) is 4.06. The summed E-state index contributed by atoms with van der Waals surface area (Å²) in [5.74, 6) is -4.33. The summed E-state index contributed by atoms with van der Waals surface area (Å²) in [6.07, 6.45) is -5.53. The Morgan fingerprint density at radius 3 is 2.39 bits per heavy atom. The van der Waals surface area contributed by atoms with E-state index in [0.717, 1.165) is 0 Å². The van der Waals surface area contributed by atoms with Crippen LogP contribution in [0.2, 0.25) is 0 Å². The molecule has 1 unspecified atom stereocenters. The zero-order chi connectivity index (χ0) is 13.9. The smallest absolute Gasteiger partial charge is 0.452 e. The normalized spacial score (nSPS) is 13.1. The molecule has 0 fully saturated rings. The van der Waals surface area contributed by atoms with Gasteiger partial charge in [-0.2, -0.15) is 22.5 Å². The summed E-state index contributed by atoms with van der Waals surface area (Å²) in [5, 5.41) is 18.7. The van der Waals surface area contributed by atoms with Crippen molar-refractivity contribution in [3.63, 3.8) is 0 Å². The number of anilines is 1. The second-order valence-electron chi connectivity index (χ2n) is 3.05. The fourth-order valence-corrected chi connectivity index (χ4v) is 1.56. The Morgan fingerprint density at radius 1 is 1.39 bits per heavy atom. The summed E-state index contributed by atoms with van der Waals surface area (Å²) in [7, 11) is 0. The standard InChI is InChI=1S/C7H6F3N3O4S/c8-7(9,10)5-12-6(18-13-5)11-2(4(16)17)1-3(14)15/h2H,1H2,(H,14,15)(H,16,17)(H,11,12,13). The highest BCUT2D eigenvalue weighted by atomic mass is 32.1. The number of hydrogen-bond acceptors (Lipinski definition) is 6. The molecule has 3 N–H and O–H groups in total. The third-order valence-electron chi connectivity index (χ3n) is 1.65. The maximum absolute atomic E-state index is 12.2. The van der Waals surface area contributed by atoms with Crippen molar-refractivity contribution >= 4 is 28.6 Å². The number of carbonyl (C=O) groups is 2. The lowest BCUT2D eigenvalue weighted by Gasteiger charge is -2.10. The van der Waals surface area contributed by atoms with E-state index in [2.05, 4.69) is 14.7 Å². The molecule has 1 rings (SSSR count). The van der Waals surface area contributed by atoms with E-state index in [1.807, 2.05) is 0 Å². The second kappa shape index (κ2) is 5.16. The average molecular weight is 285 g/mol. The largest absolute Gasteiger partial charge is 0.481 e. The summed E-state index contributed by atoms with van der Waals surface area (Å²) in [6, 6.07) is -1.57. The lowest BCUT2D eigenvalue weighted by atomic mass is 10.2. The van der Waals surface area contributed by atoms with E-state index in [1.54, 1.807) is 0 Å². The molecule has 0 aliphatic rings. The van der Waals surface area contributed by atoms with E-state index >= 15 is 0 Å². The quantitative estimate of drug-likeness (QED) is 0.736. The molecule has 1 aromatic rings. The van der Waals surface area contributed by atoms with Crippen molar-refractivity contribution < 1.29 is 33.0 Å². The molecular weight excluding hydrogens is 279 g/mol. The van der Waals surface area contributed by atoms with Crippen LogP contribution in [0.25, 0.3) is 0 Å². The van der Waals surface area contributed by atoms with Crippen LogP contribution < -0.4 is 5.32 Å². The minimum Gasteiger partial charge on any atom is -0.481 e. The lowest BCUT2D eigenvalue weighted by molar-refractivity contribution is -0.144. The van der Waals surface area contributed by atoms with Crippen LogP contribution in [0.4, 0.5) is 18.3 Å². The number of aliphatic carboxylic acids is 2. The van der Waals surface area contributed by atoms with Crippen LogP contribution in [0.1, 0.15) is 12.2 Å². The molecule has 0 bridgehead atoms. The van der Waals surface area contributed by atoms with Crippen LogP contribution in [-0.4, -0.2) is 37.6 Å². The Morgan fingerprint density at radius 2 is 2.00 bits per heavy atom. The van der Waals surface area contributed by atoms with Crippen molar-refractivity contribution in [1.82, 2.24) is 9.36 Å². The Balaban J connectivity index is 2.79. The number of alkyl halides is 3. The molecule has 0 saturated heterocycles. The predicted octanol–water partition coefficient (Wildman–Crippen LogP) is 0.897. The molecule has 1 heterocycles. The summed E-state index contributed by atoms with van der Waals surface area (Å²) in [4.78, 5) is 24.0. The molecule has 0 aliphatic carbocycles. The highest BCUT2D eigenvalue weighted by molar-refractivity contribution is 7.09. The van der Waals surface area contributed by atoms with Crippen LogP contribution in [0.3, 0.4) is 0 Å². The maximum atomic E-state index is 12.2. The third-order valence-corrected chi connectivity index (χ3v) is 2.30. The summed E-state index contributed by atoms with van der Waals surface area (Å²) >= 11 is 0.301. The number of halogens is 3. The van der Waals surface area contributed by atoms with Crippen molar-refractivity contribution in [2.75, 3.05) is 5.32 Å². The van der Waals surface area contributed by atoms with E-state index < -0.39 is 41.5 Å². The van der Waals surface area contributed by atoms with Gasteiger partial charge in [-0.3, -0.25) is 4.79 Å². The minimum absolute atomic E-state index is 0.301. The molecular formula is C7H6F3N3O4S. The van der Waals surface area contributed by atoms with Crippen molar-refractivity contribution in [2.45, 2.75) is 18.6 Å². The van der Waals surface area contributed by atoms with Gasteiger partial charge in [-0.15, -0.1) is 0 Å². The summed E-state index contributed by atoms with van der Waals surface area (Å²) < 4.78 is 39.4. The summed E-state index contributed by atoms with van der Waals surface area (Å²) in [5.41, 5.74) is 0. The Bertz CT molecular complexity index is 461. The molecule has 100 valence electrons. The van der Waals surface area contributed by atoms with Gasteiger partial charge in [-0.05, 0) is 0 Å². The van der Waals surface area contributed by atoms with Gasteiger partial charge in [-0.1, -0.05) is 0 Å². The summed E-state index contributed by atoms with van der Waals surface area (Å²) in [6.45, 7) is 0. The number of carboxylic acids is 2. The molecule has 0 amide bonds. The lowest BCUT2D eigenvalue weighted by Crippen LogP contribution is -2.31. The van der Waals surface area contributed by atoms with Crippen molar-refractivity contribution in [3.05, 3.63) is 5.82 Å². The van der Waals surface area contributed by atoms with Crippen LogP contribution in [0.15, 0.2) is 0 Å². The first-order chi connectivity index (χ1) is 8.20. The van der Waals surface area contributed by atoms with E-state index in [9.17, 15) is 22.8 Å². The SMILES string of the molecule is O=C(O)CC(Nc1nc(C(F)(F)F)ns1)C(=O)O. The number of aromatic nitrogens is 2. The third kappa shape index (κ3) is 3.84. The Labute approximate surface area is 101 Å². The van der Waals surface area contributed by atoms with Crippen molar-refractivity contribution in [3.8, 4) is 0 Å². The molecule has 0 aromatic carbocycles. The fraction of sp³-hybridized carbons (Fsp3) is 0.429. The predicted molar refractivity (Wildman–Crippen MR) is 52.2 cm³/mol. The van der Waals surface area contributed by atoms with Crippen molar-refractivity contribution in [1.29, 1.82) is 0 Å². The number of rotatable bonds is 5. The molecule has 0 aliphatic heterocycles. The van der Waals surface area contributed by atoms with Gasteiger partial charge >= 0.3 is 18.1 Å². The molecule has 11 heteroatoms. The van der Waals surface area contributed by atoms with Crippen LogP contribution >= 0.6 is 11.5 Å². The van der Waals surface area contributed by atoms with E-state index in [1.165, 1.54) is 0 Å². The maximum Gasteiger partial charge on any atom is 0.452 e. The van der Waals surface area contributed by atoms with Gasteiger partial charge in [-0.25, -0.2) is 4.79 Å².